The van der Waals surface area contributed by atoms with Gasteiger partial charge in [0, 0.05) is 11.0 Å². The minimum atomic E-state index is 0.359. The zero-order valence-corrected chi connectivity index (χ0v) is 8.12. The van der Waals surface area contributed by atoms with Gasteiger partial charge in [0.05, 0.1) is 0 Å². The fourth-order valence-corrected chi connectivity index (χ4v) is 2.42. The maximum atomic E-state index is 8.96. The summed E-state index contributed by atoms with van der Waals surface area (Å²) in [7, 11) is 0. The Balaban J connectivity index is 2.45. The number of hydrogen-bond acceptors (Lipinski definition) is 1. The molecule has 0 aromatic carbocycles. The number of alkyl halides is 1. The van der Waals surface area contributed by atoms with Crippen LogP contribution in [-0.4, -0.2) is 16.1 Å². The second-order valence-electron chi connectivity index (χ2n) is 2.80. The molecule has 0 saturated heterocycles. The lowest BCUT2D eigenvalue weighted by atomic mass is 9.85. The van der Waals surface area contributed by atoms with Crippen molar-refractivity contribution in [2.45, 2.75) is 12.8 Å². The highest BCUT2D eigenvalue weighted by molar-refractivity contribution is 14.1. The first kappa shape index (κ1) is 8.53. The van der Waals surface area contributed by atoms with Crippen LogP contribution in [-0.2, 0) is 0 Å². The van der Waals surface area contributed by atoms with Gasteiger partial charge in [-0.2, -0.15) is 0 Å². The molecule has 0 spiro atoms. The predicted molar refractivity (Wildman–Crippen MR) is 51.3 cm³/mol. The maximum Gasteiger partial charge on any atom is 0.0465 e. The molecule has 1 aliphatic carbocycles. The monoisotopic (exact) mass is 252 g/mol. The van der Waals surface area contributed by atoms with E-state index < -0.39 is 0 Å². The van der Waals surface area contributed by atoms with Gasteiger partial charge < -0.3 is 5.11 Å². The van der Waals surface area contributed by atoms with Crippen LogP contribution in [0.4, 0.5) is 0 Å². The summed E-state index contributed by atoms with van der Waals surface area (Å²) in [5.41, 5.74) is 0. The van der Waals surface area contributed by atoms with Gasteiger partial charge in [0.25, 0.3) is 0 Å². The molecule has 58 valence electrons. The van der Waals surface area contributed by atoms with Crippen molar-refractivity contribution in [1.82, 2.24) is 0 Å². The topological polar surface area (TPSA) is 20.2 Å². The highest BCUT2D eigenvalue weighted by Crippen LogP contribution is 2.26. The Morgan fingerprint density at radius 2 is 1.90 bits per heavy atom. The van der Waals surface area contributed by atoms with Gasteiger partial charge in [0.1, 0.15) is 0 Å². The van der Waals surface area contributed by atoms with E-state index in [1.54, 1.807) is 0 Å². The fourth-order valence-electron chi connectivity index (χ4n) is 1.34. The Morgan fingerprint density at radius 1 is 1.30 bits per heavy atom. The van der Waals surface area contributed by atoms with Crippen molar-refractivity contribution in [3.63, 3.8) is 0 Å². The highest BCUT2D eigenvalue weighted by Gasteiger charge is 2.19. The third-order valence-electron chi connectivity index (χ3n) is 2.14. The highest BCUT2D eigenvalue weighted by atomic mass is 127. The van der Waals surface area contributed by atoms with E-state index in [1.165, 1.54) is 4.43 Å². The van der Waals surface area contributed by atoms with Crippen LogP contribution in [0, 0.1) is 11.8 Å². The Morgan fingerprint density at radius 3 is 2.30 bits per heavy atom. The number of aliphatic hydroxyl groups is 1. The fraction of sp³-hybridized carbons (Fsp3) is 0.750. The van der Waals surface area contributed by atoms with Crippen LogP contribution >= 0.6 is 22.6 Å². The Kier molecular flexibility index (Phi) is 3.70. The summed E-state index contributed by atoms with van der Waals surface area (Å²) in [6, 6.07) is 0. The predicted octanol–water partition coefficient (Wildman–Crippen LogP) is 2.00. The molecule has 0 bridgehead atoms. The second kappa shape index (κ2) is 4.34. The first-order chi connectivity index (χ1) is 4.88. The molecule has 0 fully saturated rings. The first-order valence-corrected chi connectivity index (χ1v) is 5.23. The Hall–Kier alpha value is 0.430. The standard InChI is InChI=1S/C8H13IO/c9-5-7-3-1-2-4-8(7)6-10/h1-2,7-8,10H,3-6H2/t7-,8-/m1/s1. The molecule has 0 unspecified atom stereocenters. The summed E-state index contributed by atoms with van der Waals surface area (Å²) < 4.78 is 1.17. The first-order valence-electron chi connectivity index (χ1n) is 3.70. The molecule has 0 aromatic rings. The largest absolute Gasteiger partial charge is 0.396 e. The van der Waals surface area contributed by atoms with Crippen molar-refractivity contribution >= 4 is 22.6 Å². The molecule has 0 amide bonds. The van der Waals surface area contributed by atoms with Gasteiger partial charge in [0.2, 0.25) is 0 Å². The summed E-state index contributed by atoms with van der Waals surface area (Å²) in [5.74, 6) is 1.25. The van der Waals surface area contributed by atoms with Crippen LogP contribution in [0.5, 0.6) is 0 Å². The molecule has 0 aromatic heterocycles. The van der Waals surface area contributed by atoms with Gasteiger partial charge in [-0.05, 0) is 24.7 Å². The van der Waals surface area contributed by atoms with Gasteiger partial charge in [-0.15, -0.1) is 0 Å². The Labute approximate surface area is 75.7 Å². The average molecular weight is 252 g/mol. The van der Waals surface area contributed by atoms with Crippen molar-refractivity contribution in [3.05, 3.63) is 12.2 Å². The average Bonchev–Trinajstić information content (AvgIpc) is 2.04. The maximum absolute atomic E-state index is 8.96. The lowest BCUT2D eigenvalue weighted by molar-refractivity contribution is 0.183. The van der Waals surface area contributed by atoms with Gasteiger partial charge in [-0.3, -0.25) is 0 Å². The van der Waals surface area contributed by atoms with Gasteiger partial charge in [0.15, 0.2) is 0 Å². The normalized spacial score (nSPS) is 32.6. The number of halogens is 1. The zero-order chi connectivity index (χ0) is 7.40. The van der Waals surface area contributed by atoms with Crippen LogP contribution in [0.2, 0.25) is 0 Å². The molecule has 10 heavy (non-hydrogen) atoms. The van der Waals surface area contributed by atoms with Crippen LogP contribution < -0.4 is 0 Å². The molecule has 1 aliphatic rings. The van der Waals surface area contributed by atoms with Gasteiger partial charge >= 0.3 is 0 Å². The molecular weight excluding hydrogens is 239 g/mol. The summed E-state index contributed by atoms with van der Waals surface area (Å²) in [5, 5.41) is 8.96. The molecule has 1 nitrogen and oxygen atoms in total. The second-order valence-corrected chi connectivity index (χ2v) is 3.68. The van der Waals surface area contributed by atoms with Gasteiger partial charge in [-0.25, -0.2) is 0 Å². The lowest BCUT2D eigenvalue weighted by Crippen LogP contribution is -2.21. The lowest BCUT2D eigenvalue weighted by Gasteiger charge is -2.24. The quantitative estimate of drug-likeness (QED) is 0.452. The van der Waals surface area contributed by atoms with E-state index in [2.05, 4.69) is 34.7 Å². The molecule has 2 atom stereocenters. The van der Waals surface area contributed by atoms with E-state index in [0.29, 0.717) is 12.5 Å². The minimum Gasteiger partial charge on any atom is -0.396 e. The summed E-state index contributed by atoms with van der Waals surface area (Å²) in [6.45, 7) is 0.359. The van der Waals surface area contributed by atoms with Crippen LogP contribution in [0.1, 0.15) is 12.8 Å². The van der Waals surface area contributed by atoms with Crippen LogP contribution in [0.15, 0.2) is 12.2 Å². The van der Waals surface area contributed by atoms with Crippen molar-refractivity contribution in [3.8, 4) is 0 Å². The molecular formula is C8H13IO. The molecule has 0 saturated carbocycles. The number of rotatable bonds is 2. The number of hydrogen-bond donors (Lipinski definition) is 1. The van der Waals surface area contributed by atoms with Crippen LogP contribution in [0.3, 0.4) is 0 Å². The molecule has 0 radical (unpaired) electrons. The zero-order valence-electron chi connectivity index (χ0n) is 5.96. The van der Waals surface area contributed by atoms with E-state index in [4.69, 9.17) is 5.11 Å². The molecule has 0 aliphatic heterocycles. The van der Waals surface area contributed by atoms with Crippen molar-refractivity contribution in [2.24, 2.45) is 11.8 Å². The van der Waals surface area contributed by atoms with E-state index in [9.17, 15) is 0 Å². The molecule has 0 heterocycles. The van der Waals surface area contributed by atoms with Crippen LogP contribution in [0.25, 0.3) is 0 Å². The third kappa shape index (κ3) is 1.95. The summed E-state index contributed by atoms with van der Waals surface area (Å²) in [4.78, 5) is 0. The summed E-state index contributed by atoms with van der Waals surface area (Å²) in [6.07, 6.45) is 6.65. The third-order valence-corrected chi connectivity index (χ3v) is 3.28. The van der Waals surface area contributed by atoms with Gasteiger partial charge in [-0.1, -0.05) is 34.7 Å². The van der Waals surface area contributed by atoms with E-state index >= 15 is 0 Å². The van der Waals surface area contributed by atoms with E-state index in [0.717, 1.165) is 18.8 Å². The number of aliphatic hydroxyl groups excluding tert-OH is 1. The number of allylic oxidation sites excluding steroid dienone is 2. The summed E-state index contributed by atoms with van der Waals surface area (Å²) >= 11 is 2.40. The molecule has 2 heteroatoms. The van der Waals surface area contributed by atoms with Crippen molar-refractivity contribution < 1.29 is 5.11 Å². The SMILES string of the molecule is OC[C@H]1CC=CC[C@@H]1CI. The Bertz CT molecular complexity index is 108. The van der Waals surface area contributed by atoms with E-state index in [1.807, 2.05) is 0 Å². The minimum absolute atomic E-state index is 0.359. The molecule has 1 rings (SSSR count). The van der Waals surface area contributed by atoms with E-state index in [-0.39, 0.29) is 0 Å². The van der Waals surface area contributed by atoms with Crippen molar-refractivity contribution in [2.75, 3.05) is 11.0 Å². The molecule has 1 N–H and O–H groups in total. The smallest absolute Gasteiger partial charge is 0.0465 e. The van der Waals surface area contributed by atoms with Crippen molar-refractivity contribution in [1.29, 1.82) is 0 Å².